The molecule has 0 bridgehead atoms. The van der Waals surface area contributed by atoms with E-state index in [0.29, 0.717) is 22.6 Å². The third-order valence-electron chi connectivity index (χ3n) is 3.95. The monoisotopic (exact) mass is 352 g/mol. The van der Waals surface area contributed by atoms with E-state index in [4.69, 9.17) is 0 Å². The number of benzene rings is 2. The first-order chi connectivity index (χ1) is 12.5. The van der Waals surface area contributed by atoms with Crippen LogP contribution in [0.1, 0.15) is 23.2 Å². The highest BCUT2D eigenvalue weighted by molar-refractivity contribution is 6.06. The Kier molecular flexibility index (Phi) is 5.17. The van der Waals surface area contributed by atoms with Crippen LogP contribution in [0.4, 0.5) is 21.9 Å². The summed E-state index contributed by atoms with van der Waals surface area (Å²) in [5.74, 6) is -0.205. The smallest absolute Gasteiger partial charge is 0.318 e. The van der Waals surface area contributed by atoms with Gasteiger partial charge < -0.3 is 21.3 Å². The summed E-state index contributed by atoms with van der Waals surface area (Å²) in [7, 11) is 1.52. The van der Waals surface area contributed by atoms with Crippen molar-refractivity contribution in [3.05, 3.63) is 54.1 Å². The highest BCUT2D eigenvalue weighted by atomic mass is 16.2. The lowest BCUT2D eigenvalue weighted by Crippen LogP contribution is -2.24. The molecule has 0 atom stereocenters. The summed E-state index contributed by atoms with van der Waals surface area (Å²) in [6.07, 6.45) is 1.85. The van der Waals surface area contributed by atoms with Gasteiger partial charge in [0, 0.05) is 35.6 Å². The normalized spacial score (nSPS) is 12.8. The molecule has 1 saturated carbocycles. The van der Waals surface area contributed by atoms with Crippen LogP contribution in [0.5, 0.6) is 0 Å². The fourth-order valence-electron chi connectivity index (χ4n) is 2.40. The number of carbonyl (C=O) groups is 3. The zero-order valence-corrected chi connectivity index (χ0v) is 14.3. The molecule has 26 heavy (non-hydrogen) atoms. The Morgan fingerprint density at radius 2 is 1.46 bits per heavy atom. The summed E-state index contributed by atoms with van der Waals surface area (Å²) in [5.41, 5.74) is 2.15. The van der Waals surface area contributed by atoms with Crippen LogP contribution in [0.15, 0.2) is 48.5 Å². The third kappa shape index (κ3) is 4.60. The maximum absolute atomic E-state index is 12.5. The average Bonchev–Trinajstić information content (AvgIpc) is 3.47. The van der Waals surface area contributed by atoms with Gasteiger partial charge in [-0.25, -0.2) is 4.79 Å². The van der Waals surface area contributed by atoms with Gasteiger partial charge in [-0.3, -0.25) is 9.59 Å². The maximum atomic E-state index is 12.5. The SMILES string of the molecule is CNC(=O)Nc1cccc(NC(=O)c2cccc(NC(=O)C3CC3)c2)c1. The molecule has 134 valence electrons. The number of carbonyl (C=O) groups excluding carboxylic acids is 3. The molecule has 4 amide bonds. The summed E-state index contributed by atoms with van der Waals surface area (Å²) >= 11 is 0. The van der Waals surface area contributed by atoms with Crippen LogP contribution in [0.25, 0.3) is 0 Å². The minimum atomic E-state index is -0.340. The van der Waals surface area contributed by atoms with Gasteiger partial charge >= 0.3 is 6.03 Å². The molecule has 2 aromatic carbocycles. The lowest BCUT2D eigenvalue weighted by molar-refractivity contribution is -0.117. The molecule has 1 aliphatic carbocycles. The molecule has 0 unspecified atom stereocenters. The van der Waals surface area contributed by atoms with Crippen LogP contribution in [-0.2, 0) is 4.79 Å². The van der Waals surface area contributed by atoms with Crippen LogP contribution in [0.3, 0.4) is 0 Å². The summed E-state index contributed by atoms with van der Waals surface area (Å²) < 4.78 is 0. The largest absolute Gasteiger partial charge is 0.341 e. The van der Waals surface area contributed by atoms with Crippen molar-refractivity contribution in [1.29, 1.82) is 0 Å². The molecule has 1 aliphatic rings. The number of amides is 4. The molecule has 0 radical (unpaired) electrons. The molecule has 1 fully saturated rings. The maximum Gasteiger partial charge on any atom is 0.318 e. The van der Waals surface area contributed by atoms with E-state index in [1.165, 1.54) is 7.05 Å². The van der Waals surface area contributed by atoms with E-state index in [0.717, 1.165) is 12.8 Å². The number of urea groups is 1. The van der Waals surface area contributed by atoms with E-state index < -0.39 is 0 Å². The molecule has 2 aromatic rings. The second-order valence-corrected chi connectivity index (χ2v) is 6.08. The Balaban J connectivity index is 1.67. The van der Waals surface area contributed by atoms with Crippen LogP contribution < -0.4 is 21.3 Å². The van der Waals surface area contributed by atoms with Crippen molar-refractivity contribution in [1.82, 2.24) is 5.32 Å². The lowest BCUT2D eigenvalue weighted by atomic mass is 10.1. The molecule has 0 aromatic heterocycles. The van der Waals surface area contributed by atoms with E-state index in [2.05, 4.69) is 21.3 Å². The first-order valence-electron chi connectivity index (χ1n) is 8.36. The van der Waals surface area contributed by atoms with Gasteiger partial charge in [0.25, 0.3) is 5.91 Å². The molecule has 3 rings (SSSR count). The first kappa shape index (κ1) is 17.5. The highest BCUT2D eigenvalue weighted by Gasteiger charge is 2.29. The fraction of sp³-hybridized carbons (Fsp3) is 0.211. The van der Waals surface area contributed by atoms with E-state index in [1.54, 1.807) is 48.5 Å². The number of rotatable bonds is 5. The Labute approximate surface area is 151 Å². The molecule has 4 N–H and O–H groups in total. The highest BCUT2D eigenvalue weighted by Crippen LogP contribution is 2.30. The van der Waals surface area contributed by atoms with Gasteiger partial charge in [-0.2, -0.15) is 0 Å². The molecular weight excluding hydrogens is 332 g/mol. The molecular formula is C19H20N4O3. The number of hydrogen-bond acceptors (Lipinski definition) is 3. The van der Waals surface area contributed by atoms with Crippen LogP contribution >= 0.6 is 0 Å². The van der Waals surface area contributed by atoms with Gasteiger partial charge in [-0.15, -0.1) is 0 Å². The van der Waals surface area contributed by atoms with Crippen LogP contribution in [0.2, 0.25) is 0 Å². The van der Waals surface area contributed by atoms with E-state index in [9.17, 15) is 14.4 Å². The van der Waals surface area contributed by atoms with E-state index in [-0.39, 0.29) is 23.8 Å². The predicted octanol–water partition coefficient (Wildman–Crippen LogP) is 3.04. The summed E-state index contributed by atoms with van der Waals surface area (Å²) in [5, 5.41) is 10.7. The second kappa shape index (κ2) is 7.69. The van der Waals surface area contributed by atoms with E-state index in [1.807, 2.05) is 0 Å². The van der Waals surface area contributed by atoms with Gasteiger partial charge in [0.15, 0.2) is 0 Å². The van der Waals surface area contributed by atoms with E-state index >= 15 is 0 Å². The van der Waals surface area contributed by atoms with Gasteiger partial charge in [0.1, 0.15) is 0 Å². The van der Waals surface area contributed by atoms with Crippen LogP contribution in [-0.4, -0.2) is 24.9 Å². The molecule has 0 heterocycles. The topological polar surface area (TPSA) is 99.3 Å². The van der Waals surface area contributed by atoms with Gasteiger partial charge in [-0.05, 0) is 49.2 Å². The standard InChI is InChI=1S/C19H20N4O3/c1-20-19(26)23-16-7-3-6-15(11-16)22-18(25)13-4-2-5-14(10-13)21-17(24)12-8-9-12/h2-7,10-12H,8-9H2,1H3,(H,21,24)(H,22,25)(H2,20,23,26). The Hall–Kier alpha value is -3.35. The predicted molar refractivity (Wildman–Crippen MR) is 100 cm³/mol. The Morgan fingerprint density at radius 3 is 2.12 bits per heavy atom. The molecule has 0 aliphatic heterocycles. The summed E-state index contributed by atoms with van der Waals surface area (Å²) in [6, 6.07) is 13.3. The summed E-state index contributed by atoms with van der Waals surface area (Å²) in [6.45, 7) is 0. The van der Waals surface area contributed by atoms with Crippen LogP contribution in [0, 0.1) is 5.92 Å². The van der Waals surface area contributed by atoms with Gasteiger partial charge in [-0.1, -0.05) is 12.1 Å². The first-order valence-corrected chi connectivity index (χ1v) is 8.36. The van der Waals surface area contributed by atoms with Crippen molar-refractivity contribution in [2.45, 2.75) is 12.8 Å². The summed E-state index contributed by atoms with van der Waals surface area (Å²) in [4.78, 5) is 35.7. The average molecular weight is 352 g/mol. The fourth-order valence-corrected chi connectivity index (χ4v) is 2.40. The molecule has 7 nitrogen and oxygen atoms in total. The van der Waals surface area contributed by atoms with Crippen molar-refractivity contribution in [3.63, 3.8) is 0 Å². The van der Waals surface area contributed by atoms with Crippen molar-refractivity contribution in [3.8, 4) is 0 Å². The van der Waals surface area contributed by atoms with Crippen molar-refractivity contribution in [2.75, 3.05) is 23.0 Å². The van der Waals surface area contributed by atoms with Gasteiger partial charge in [0.05, 0.1) is 0 Å². The number of hydrogen-bond donors (Lipinski definition) is 4. The quantitative estimate of drug-likeness (QED) is 0.665. The number of nitrogens with one attached hydrogen (secondary N) is 4. The Bertz CT molecular complexity index is 846. The number of anilines is 3. The lowest BCUT2D eigenvalue weighted by Gasteiger charge is -2.10. The molecule has 0 saturated heterocycles. The second-order valence-electron chi connectivity index (χ2n) is 6.08. The van der Waals surface area contributed by atoms with Crippen molar-refractivity contribution >= 4 is 34.9 Å². The zero-order valence-electron chi connectivity index (χ0n) is 14.3. The van der Waals surface area contributed by atoms with Gasteiger partial charge in [0.2, 0.25) is 5.91 Å². The molecule has 7 heteroatoms. The van der Waals surface area contributed by atoms with Crippen molar-refractivity contribution in [2.24, 2.45) is 5.92 Å². The minimum absolute atomic E-state index is 0.00413. The van der Waals surface area contributed by atoms with Crippen molar-refractivity contribution < 1.29 is 14.4 Å². The minimum Gasteiger partial charge on any atom is -0.341 e. The molecule has 0 spiro atoms. The Morgan fingerprint density at radius 1 is 0.846 bits per heavy atom. The third-order valence-corrected chi connectivity index (χ3v) is 3.95. The zero-order chi connectivity index (χ0) is 18.5.